The SMILES string of the molecule is CCCCCCCCCCCCCCCCOP(=O)(O)OCC[N+]1(C)CCCC1. The summed E-state index contributed by atoms with van der Waals surface area (Å²) in [5.41, 5.74) is 0. The first-order chi connectivity index (χ1) is 14.0. The lowest BCUT2D eigenvalue weighted by atomic mass is 10.0. The van der Waals surface area contributed by atoms with E-state index < -0.39 is 7.82 Å². The molecule has 29 heavy (non-hydrogen) atoms. The third-order valence-electron chi connectivity index (χ3n) is 6.28. The van der Waals surface area contributed by atoms with Gasteiger partial charge in [-0.3, -0.25) is 9.05 Å². The van der Waals surface area contributed by atoms with E-state index >= 15 is 0 Å². The maximum atomic E-state index is 11.9. The Kier molecular flexibility index (Phi) is 15.6. The summed E-state index contributed by atoms with van der Waals surface area (Å²) in [6, 6.07) is 0. The van der Waals surface area contributed by atoms with E-state index in [1.165, 1.54) is 89.9 Å². The van der Waals surface area contributed by atoms with Crippen LogP contribution in [0.5, 0.6) is 0 Å². The maximum absolute atomic E-state index is 11.9. The molecular weight excluding hydrogens is 385 g/mol. The van der Waals surface area contributed by atoms with E-state index in [4.69, 9.17) is 9.05 Å². The summed E-state index contributed by atoms with van der Waals surface area (Å²) in [7, 11) is -1.69. The highest BCUT2D eigenvalue weighted by Crippen LogP contribution is 2.43. The van der Waals surface area contributed by atoms with Crippen molar-refractivity contribution in [1.29, 1.82) is 0 Å². The fourth-order valence-electron chi connectivity index (χ4n) is 4.21. The fourth-order valence-corrected chi connectivity index (χ4v) is 4.96. The zero-order chi connectivity index (χ0) is 21.3. The summed E-state index contributed by atoms with van der Waals surface area (Å²) in [5, 5.41) is 0. The molecule has 1 atom stereocenters. The Morgan fingerprint density at radius 3 is 1.62 bits per heavy atom. The van der Waals surface area contributed by atoms with Crippen molar-refractivity contribution in [1.82, 2.24) is 0 Å². The topological polar surface area (TPSA) is 55.8 Å². The molecule has 1 rings (SSSR count). The molecule has 0 bridgehead atoms. The van der Waals surface area contributed by atoms with Gasteiger partial charge in [-0.25, -0.2) is 4.57 Å². The van der Waals surface area contributed by atoms with Crippen molar-refractivity contribution in [2.45, 2.75) is 110 Å². The number of phosphoric acid groups is 1. The van der Waals surface area contributed by atoms with Crippen LogP contribution >= 0.6 is 7.82 Å². The van der Waals surface area contributed by atoms with Gasteiger partial charge in [-0.05, 0) is 6.42 Å². The van der Waals surface area contributed by atoms with Gasteiger partial charge in [0, 0.05) is 12.8 Å². The molecule has 0 saturated carbocycles. The van der Waals surface area contributed by atoms with Gasteiger partial charge in [-0.1, -0.05) is 90.4 Å². The molecule has 0 radical (unpaired) electrons. The third kappa shape index (κ3) is 15.5. The average molecular weight is 435 g/mol. The Bertz CT molecular complexity index is 427. The summed E-state index contributed by atoms with van der Waals surface area (Å²) in [6.45, 7) is 5.94. The molecule has 174 valence electrons. The lowest BCUT2D eigenvalue weighted by Gasteiger charge is -2.29. The average Bonchev–Trinajstić information content (AvgIpc) is 3.11. The standard InChI is InChI=1S/C23H48NO4P/c1-3-4-5-6-7-8-9-10-11-12-13-14-15-18-22-27-29(25,26)28-23-21-24(2)19-16-17-20-24/h3-23H2,1-2H3/p+1. The molecule has 0 aromatic heterocycles. The zero-order valence-corrected chi connectivity index (χ0v) is 20.3. The number of likely N-dealkylation sites (tertiary alicyclic amines) is 1. The highest BCUT2D eigenvalue weighted by Gasteiger charge is 2.28. The van der Waals surface area contributed by atoms with Gasteiger partial charge in [-0.2, -0.15) is 0 Å². The maximum Gasteiger partial charge on any atom is 0.472 e. The second-order valence-electron chi connectivity index (χ2n) is 9.23. The van der Waals surface area contributed by atoms with Crippen LogP contribution in [-0.2, 0) is 13.6 Å². The van der Waals surface area contributed by atoms with E-state index in [1.807, 2.05) is 0 Å². The number of quaternary nitrogens is 1. The van der Waals surface area contributed by atoms with E-state index in [0.29, 0.717) is 13.2 Å². The monoisotopic (exact) mass is 434 g/mol. The van der Waals surface area contributed by atoms with Gasteiger partial charge < -0.3 is 9.38 Å². The number of rotatable bonds is 20. The molecule has 0 aromatic carbocycles. The normalized spacial score (nSPS) is 18.2. The molecular formula is C23H49NO4P+. The van der Waals surface area contributed by atoms with Crippen LogP contribution in [0, 0.1) is 0 Å². The van der Waals surface area contributed by atoms with Gasteiger partial charge in [0.25, 0.3) is 0 Å². The van der Waals surface area contributed by atoms with Crippen molar-refractivity contribution in [3.05, 3.63) is 0 Å². The molecule has 1 unspecified atom stereocenters. The van der Waals surface area contributed by atoms with Gasteiger partial charge in [0.15, 0.2) is 0 Å². The number of nitrogens with zero attached hydrogens (tertiary/aromatic N) is 1. The van der Waals surface area contributed by atoms with E-state index in [0.717, 1.165) is 37.0 Å². The van der Waals surface area contributed by atoms with Crippen molar-refractivity contribution < 1.29 is 23.0 Å². The zero-order valence-electron chi connectivity index (χ0n) is 19.4. The van der Waals surface area contributed by atoms with Crippen LogP contribution in [0.15, 0.2) is 0 Å². The molecule has 0 amide bonds. The van der Waals surface area contributed by atoms with Gasteiger partial charge in [-0.15, -0.1) is 0 Å². The Morgan fingerprint density at radius 1 is 0.724 bits per heavy atom. The van der Waals surface area contributed by atoms with Crippen LogP contribution < -0.4 is 0 Å². The van der Waals surface area contributed by atoms with Crippen LogP contribution in [0.3, 0.4) is 0 Å². The summed E-state index contributed by atoms with van der Waals surface area (Å²) >= 11 is 0. The van der Waals surface area contributed by atoms with E-state index in [2.05, 4.69) is 14.0 Å². The lowest BCUT2D eigenvalue weighted by Crippen LogP contribution is -2.43. The quantitative estimate of drug-likeness (QED) is 0.129. The summed E-state index contributed by atoms with van der Waals surface area (Å²) in [6.07, 6.45) is 20.6. The highest BCUT2D eigenvalue weighted by atomic mass is 31.2. The van der Waals surface area contributed by atoms with Crippen LogP contribution in [0.2, 0.25) is 0 Å². The lowest BCUT2D eigenvalue weighted by molar-refractivity contribution is -0.897. The Labute approximate surface area is 180 Å². The summed E-state index contributed by atoms with van der Waals surface area (Å²) in [4.78, 5) is 9.78. The summed E-state index contributed by atoms with van der Waals surface area (Å²) < 4.78 is 23.1. The molecule has 1 saturated heterocycles. The first-order valence-corrected chi connectivity index (χ1v) is 13.9. The molecule has 1 fully saturated rings. The van der Waals surface area contributed by atoms with Crippen LogP contribution in [0.1, 0.15) is 110 Å². The van der Waals surface area contributed by atoms with Crippen molar-refractivity contribution >= 4 is 7.82 Å². The van der Waals surface area contributed by atoms with E-state index in [9.17, 15) is 9.46 Å². The molecule has 6 heteroatoms. The van der Waals surface area contributed by atoms with Crippen LogP contribution in [0.25, 0.3) is 0 Å². The largest absolute Gasteiger partial charge is 0.472 e. The molecule has 0 spiro atoms. The van der Waals surface area contributed by atoms with Crippen molar-refractivity contribution in [3.8, 4) is 0 Å². The predicted octanol–water partition coefficient (Wildman–Crippen LogP) is 6.84. The van der Waals surface area contributed by atoms with Crippen LogP contribution in [-0.4, -0.2) is 49.3 Å². The minimum atomic E-state index is -3.88. The molecule has 1 aliphatic heterocycles. The van der Waals surface area contributed by atoms with Gasteiger partial charge in [0.1, 0.15) is 13.2 Å². The second kappa shape index (κ2) is 16.7. The van der Waals surface area contributed by atoms with Crippen molar-refractivity contribution in [2.24, 2.45) is 0 Å². The highest BCUT2D eigenvalue weighted by molar-refractivity contribution is 7.47. The fraction of sp³-hybridized carbons (Fsp3) is 1.00. The van der Waals surface area contributed by atoms with Gasteiger partial charge in [0.05, 0.1) is 26.7 Å². The molecule has 5 nitrogen and oxygen atoms in total. The Morgan fingerprint density at radius 2 is 1.14 bits per heavy atom. The predicted molar refractivity (Wildman–Crippen MR) is 122 cm³/mol. The third-order valence-corrected chi connectivity index (χ3v) is 7.30. The minimum Gasteiger partial charge on any atom is -0.324 e. The van der Waals surface area contributed by atoms with E-state index in [1.54, 1.807) is 0 Å². The van der Waals surface area contributed by atoms with E-state index in [-0.39, 0.29) is 0 Å². The summed E-state index contributed by atoms with van der Waals surface area (Å²) in [5.74, 6) is 0. The van der Waals surface area contributed by atoms with Crippen molar-refractivity contribution in [2.75, 3.05) is 39.9 Å². The first-order valence-electron chi connectivity index (χ1n) is 12.4. The van der Waals surface area contributed by atoms with Gasteiger partial charge >= 0.3 is 7.82 Å². The number of hydrogen-bond donors (Lipinski definition) is 1. The number of unbranched alkanes of at least 4 members (excludes halogenated alkanes) is 13. The second-order valence-corrected chi connectivity index (χ2v) is 10.7. The number of hydrogen-bond acceptors (Lipinski definition) is 3. The number of likely N-dealkylation sites (N-methyl/N-ethyl adjacent to an activating group) is 1. The smallest absolute Gasteiger partial charge is 0.324 e. The molecule has 0 aromatic rings. The molecule has 1 heterocycles. The molecule has 0 aliphatic carbocycles. The molecule has 1 aliphatic rings. The minimum absolute atomic E-state index is 0.295. The van der Waals surface area contributed by atoms with Crippen LogP contribution in [0.4, 0.5) is 0 Å². The van der Waals surface area contributed by atoms with Crippen molar-refractivity contribution in [3.63, 3.8) is 0 Å². The molecule has 1 N–H and O–H groups in total. The Balaban J connectivity index is 1.83. The van der Waals surface area contributed by atoms with Gasteiger partial charge in [0.2, 0.25) is 0 Å². The number of phosphoric ester groups is 1. The first kappa shape index (κ1) is 27.1. The Hall–Kier alpha value is 0.0700.